The van der Waals surface area contributed by atoms with E-state index in [-0.39, 0.29) is 5.56 Å². The van der Waals surface area contributed by atoms with Crippen LogP contribution in [0.1, 0.15) is 54.9 Å². The number of aromatic nitrogens is 2. The lowest BCUT2D eigenvalue weighted by Gasteiger charge is -2.33. The fraction of sp³-hybridized carbons (Fsp3) is 0.276. The topological polar surface area (TPSA) is 61.2 Å². The van der Waals surface area contributed by atoms with Crippen LogP contribution in [0.5, 0.6) is 0 Å². The SMILES string of the molecule is CCc1cccc(CC)c1-n1c2c(cc(-c3nc(-c4ccc(Cl)cc4)cs3)c1=O)C(=O)OC(C)(C)C2. The number of ether oxygens (including phenoxy) is 1. The first-order valence-electron chi connectivity index (χ1n) is 12.1. The fourth-order valence-electron chi connectivity index (χ4n) is 4.79. The number of aryl methyl sites for hydroxylation is 2. The van der Waals surface area contributed by atoms with Gasteiger partial charge in [0.2, 0.25) is 0 Å². The Morgan fingerprint density at radius 2 is 1.69 bits per heavy atom. The third-order valence-corrected chi connectivity index (χ3v) is 7.68. The van der Waals surface area contributed by atoms with Gasteiger partial charge in [-0.05, 0) is 56.0 Å². The van der Waals surface area contributed by atoms with Crippen molar-refractivity contribution in [2.24, 2.45) is 0 Å². The molecule has 4 aromatic rings. The van der Waals surface area contributed by atoms with Gasteiger partial charge in [0.05, 0.1) is 22.5 Å². The smallest absolute Gasteiger partial charge is 0.340 e. The standard InChI is InChI=1S/C29H27ClN2O3S/c1-5-17-8-7-9-18(6-2)25(17)32-24-15-29(3,4)35-28(34)21(24)14-22(27(32)33)26-31-23(16-36-26)19-10-12-20(30)13-11-19/h7-14,16H,5-6,15H2,1-4H3. The van der Waals surface area contributed by atoms with Gasteiger partial charge in [-0.3, -0.25) is 9.36 Å². The van der Waals surface area contributed by atoms with Crippen LogP contribution in [0.4, 0.5) is 0 Å². The molecule has 1 aliphatic heterocycles. The molecule has 2 aromatic heterocycles. The maximum absolute atomic E-state index is 14.2. The summed E-state index contributed by atoms with van der Waals surface area (Å²) in [4.78, 5) is 32.2. The molecule has 0 aliphatic carbocycles. The molecule has 0 fully saturated rings. The molecule has 0 spiro atoms. The molecular weight excluding hydrogens is 492 g/mol. The predicted molar refractivity (Wildman–Crippen MR) is 146 cm³/mol. The Hall–Kier alpha value is -3.22. The lowest BCUT2D eigenvalue weighted by molar-refractivity contribution is -0.00758. The second-order valence-electron chi connectivity index (χ2n) is 9.56. The minimum absolute atomic E-state index is 0.174. The molecule has 0 unspecified atom stereocenters. The number of rotatable bonds is 5. The highest BCUT2D eigenvalue weighted by Gasteiger charge is 2.36. The minimum atomic E-state index is -0.712. The largest absolute Gasteiger partial charge is 0.456 e. The minimum Gasteiger partial charge on any atom is -0.456 e. The molecule has 0 saturated heterocycles. The Bertz CT molecular complexity index is 1510. The average molecular weight is 519 g/mol. The van der Waals surface area contributed by atoms with Crippen molar-refractivity contribution in [3.05, 3.63) is 91.7 Å². The lowest BCUT2D eigenvalue weighted by Crippen LogP contribution is -2.40. The highest BCUT2D eigenvalue weighted by molar-refractivity contribution is 7.13. The van der Waals surface area contributed by atoms with Gasteiger partial charge in [0.25, 0.3) is 5.56 Å². The number of carbonyl (C=O) groups is 1. The van der Waals surface area contributed by atoms with E-state index in [9.17, 15) is 9.59 Å². The molecule has 2 aromatic carbocycles. The van der Waals surface area contributed by atoms with Crippen LogP contribution in [0.2, 0.25) is 5.02 Å². The Morgan fingerprint density at radius 1 is 1.03 bits per heavy atom. The van der Waals surface area contributed by atoms with Crippen LogP contribution in [0.25, 0.3) is 27.5 Å². The van der Waals surface area contributed by atoms with Gasteiger partial charge in [-0.25, -0.2) is 9.78 Å². The normalized spacial score (nSPS) is 14.4. The van der Waals surface area contributed by atoms with E-state index < -0.39 is 11.6 Å². The van der Waals surface area contributed by atoms with Crippen LogP contribution in [0, 0.1) is 0 Å². The molecule has 0 N–H and O–H groups in total. The van der Waals surface area contributed by atoms with E-state index in [0.717, 1.165) is 40.9 Å². The molecule has 5 rings (SSSR count). The first-order chi connectivity index (χ1) is 17.2. The number of nitrogens with zero attached hydrogens (tertiary/aromatic N) is 2. The number of carbonyl (C=O) groups excluding carboxylic acids is 1. The third-order valence-electron chi connectivity index (χ3n) is 6.55. The summed E-state index contributed by atoms with van der Waals surface area (Å²) in [6, 6.07) is 15.2. The highest BCUT2D eigenvalue weighted by atomic mass is 35.5. The molecule has 7 heteroatoms. The monoisotopic (exact) mass is 518 g/mol. The van der Waals surface area contributed by atoms with Crippen molar-refractivity contribution in [1.29, 1.82) is 0 Å². The molecule has 0 atom stereocenters. The number of hydrogen-bond acceptors (Lipinski definition) is 5. The van der Waals surface area contributed by atoms with Crippen molar-refractivity contribution in [2.45, 2.75) is 52.6 Å². The van der Waals surface area contributed by atoms with E-state index in [0.29, 0.717) is 33.3 Å². The fourth-order valence-corrected chi connectivity index (χ4v) is 5.75. The van der Waals surface area contributed by atoms with E-state index in [1.54, 1.807) is 10.6 Å². The van der Waals surface area contributed by atoms with Gasteiger partial charge in [0, 0.05) is 28.1 Å². The van der Waals surface area contributed by atoms with E-state index in [1.807, 2.05) is 61.7 Å². The number of hydrogen-bond donors (Lipinski definition) is 0. The molecule has 0 radical (unpaired) electrons. The quantitative estimate of drug-likeness (QED) is 0.270. The zero-order chi connectivity index (χ0) is 25.6. The van der Waals surface area contributed by atoms with Gasteiger partial charge in [0.15, 0.2) is 0 Å². The summed E-state index contributed by atoms with van der Waals surface area (Å²) < 4.78 is 7.49. The van der Waals surface area contributed by atoms with Crippen molar-refractivity contribution in [3.8, 4) is 27.5 Å². The molecule has 5 nitrogen and oxygen atoms in total. The Labute approximate surface area is 219 Å². The molecule has 184 valence electrons. The van der Waals surface area contributed by atoms with Gasteiger partial charge in [-0.15, -0.1) is 11.3 Å². The van der Waals surface area contributed by atoms with Gasteiger partial charge in [0.1, 0.15) is 10.6 Å². The summed E-state index contributed by atoms with van der Waals surface area (Å²) in [5, 5.41) is 3.13. The zero-order valence-electron chi connectivity index (χ0n) is 20.7. The van der Waals surface area contributed by atoms with Crippen molar-refractivity contribution >= 4 is 28.9 Å². The number of halogens is 1. The number of cyclic esters (lactones) is 1. The molecule has 3 heterocycles. The van der Waals surface area contributed by atoms with Gasteiger partial charge in [-0.2, -0.15) is 0 Å². The van der Waals surface area contributed by atoms with Crippen molar-refractivity contribution < 1.29 is 9.53 Å². The summed E-state index contributed by atoms with van der Waals surface area (Å²) in [5.41, 5.74) is 5.27. The van der Waals surface area contributed by atoms with Gasteiger partial charge >= 0.3 is 5.97 Å². The van der Waals surface area contributed by atoms with E-state index in [2.05, 4.69) is 13.8 Å². The molecule has 0 bridgehead atoms. The molecular formula is C29H27ClN2O3S. The number of thiazole rings is 1. The van der Waals surface area contributed by atoms with E-state index in [1.165, 1.54) is 11.3 Å². The summed E-state index contributed by atoms with van der Waals surface area (Å²) in [6.07, 6.45) is 1.97. The van der Waals surface area contributed by atoms with Gasteiger partial charge in [-0.1, -0.05) is 55.8 Å². The van der Waals surface area contributed by atoms with Crippen LogP contribution in [-0.2, 0) is 24.0 Å². The van der Waals surface area contributed by atoms with Crippen LogP contribution >= 0.6 is 22.9 Å². The van der Waals surface area contributed by atoms with E-state index in [4.69, 9.17) is 21.3 Å². The van der Waals surface area contributed by atoms with Gasteiger partial charge < -0.3 is 4.74 Å². The average Bonchev–Trinajstić information content (AvgIpc) is 3.33. The number of fused-ring (bicyclic) bond motifs is 1. The van der Waals surface area contributed by atoms with Crippen LogP contribution < -0.4 is 5.56 Å². The first-order valence-corrected chi connectivity index (χ1v) is 13.3. The zero-order valence-corrected chi connectivity index (χ0v) is 22.3. The number of esters is 1. The number of pyridine rings is 1. The van der Waals surface area contributed by atoms with Crippen molar-refractivity contribution in [3.63, 3.8) is 0 Å². The number of para-hydroxylation sites is 1. The van der Waals surface area contributed by atoms with Crippen LogP contribution in [0.15, 0.2) is 58.7 Å². The Morgan fingerprint density at radius 3 is 2.33 bits per heavy atom. The maximum Gasteiger partial charge on any atom is 0.340 e. The lowest BCUT2D eigenvalue weighted by atomic mass is 9.93. The van der Waals surface area contributed by atoms with Crippen molar-refractivity contribution in [1.82, 2.24) is 9.55 Å². The first kappa shape index (κ1) is 24.5. The summed E-state index contributed by atoms with van der Waals surface area (Å²) >= 11 is 7.42. The predicted octanol–water partition coefficient (Wildman–Crippen LogP) is 6.90. The van der Waals surface area contributed by atoms with Crippen molar-refractivity contribution in [2.75, 3.05) is 0 Å². The highest BCUT2D eigenvalue weighted by Crippen LogP contribution is 2.34. The summed E-state index contributed by atoms with van der Waals surface area (Å²) in [7, 11) is 0. The Kier molecular flexibility index (Phi) is 6.35. The second kappa shape index (κ2) is 9.34. The molecule has 0 amide bonds. The molecule has 1 aliphatic rings. The summed E-state index contributed by atoms with van der Waals surface area (Å²) in [6.45, 7) is 7.92. The summed E-state index contributed by atoms with van der Waals surface area (Å²) in [5.74, 6) is -0.419. The molecule has 0 saturated carbocycles. The third kappa shape index (κ3) is 4.29. The van der Waals surface area contributed by atoms with Crippen LogP contribution in [-0.4, -0.2) is 21.1 Å². The second-order valence-corrected chi connectivity index (χ2v) is 10.9. The van der Waals surface area contributed by atoms with Crippen LogP contribution in [0.3, 0.4) is 0 Å². The number of benzene rings is 2. The molecule has 36 heavy (non-hydrogen) atoms. The Balaban J connectivity index is 1.79. The maximum atomic E-state index is 14.2. The van der Waals surface area contributed by atoms with E-state index >= 15 is 0 Å².